The zero-order chi connectivity index (χ0) is 11.5. The van der Waals surface area contributed by atoms with Crippen molar-refractivity contribution in [2.45, 2.75) is 39.5 Å². The van der Waals surface area contributed by atoms with E-state index in [0.717, 1.165) is 0 Å². The molecule has 0 bridgehead atoms. The molecule has 1 aromatic rings. The average Bonchev–Trinajstić information content (AvgIpc) is 2.29. The predicted molar refractivity (Wildman–Crippen MR) is 71.5 cm³/mol. The second kappa shape index (κ2) is 4.69. The van der Waals surface area contributed by atoms with Crippen molar-refractivity contribution in [3.8, 4) is 0 Å². The molecule has 0 radical (unpaired) electrons. The van der Waals surface area contributed by atoms with Crippen LogP contribution in [0.4, 0.5) is 0 Å². The van der Waals surface area contributed by atoms with E-state index in [-0.39, 0.29) is 0 Å². The maximum atomic E-state index is 2.31. The molecule has 0 heteroatoms. The van der Waals surface area contributed by atoms with Gasteiger partial charge in [0.15, 0.2) is 0 Å². The highest BCUT2D eigenvalue weighted by Crippen LogP contribution is 2.27. The van der Waals surface area contributed by atoms with Gasteiger partial charge in [0.05, 0.1) is 0 Å². The summed E-state index contributed by atoms with van der Waals surface area (Å²) >= 11 is 0. The van der Waals surface area contributed by atoms with E-state index in [1.807, 2.05) is 0 Å². The zero-order valence-electron chi connectivity index (χ0n) is 10.5. The lowest BCUT2D eigenvalue weighted by Gasteiger charge is -2.13. The molecule has 0 unspecified atom stereocenters. The van der Waals surface area contributed by atoms with Crippen molar-refractivity contribution in [3.05, 3.63) is 53.1 Å². The highest BCUT2D eigenvalue weighted by atomic mass is 14.1. The van der Waals surface area contributed by atoms with E-state index < -0.39 is 0 Å². The summed E-state index contributed by atoms with van der Waals surface area (Å²) in [6, 6.07) is 9.04. The molecule has 84 valence electrons. The van der Waals surface area contributed by atoms with E-state index >= 15 is 0 Å². The molecule has 0 saturated heterocycles. The summed E-state index contributed by atoms with van der Waals surface area (Å²) in [6.07, 6.45) is 6.99. The van der Waals surface area contributed by atoms with Gasteiger partial charge in [0.25, 0.3) is 0 Å². The third-order valence-corrected chi connectivity index (χ3v) is 3.23. The molecule has 0 aliphatic heterocycles. The Morgan fingerprint density at radius 2 is 1.75 bits per heavy atom. The number of rotatable bonds is 2. The lowest BCUT2D eigenvalue weighted by Crippen LogP contribution is -1.92. The maximum Gasteiger partial charge on any atom is -0.0219 e. The molecule has 1 aliphatic carbocycles. The quantitative estimate of drug-likeness (QED) is 0.651. The molecule has 0 N–H and O–H groups in total. The highest BCUT2D eigenvalue weighted by Gasteiger charge is 2.06. The third-order valence-electron chi connectivity index (χ3n) is 3.23. The van der Waals surface area contributed by atoms with Crippen LogP contribution >= 0.6 is 0 Å². The van der Waals surface area contributed by atoms with Gasteiger partial charge in [-0.3, -0.25) is 0 Å². The largest absolute Gasteiger partial charge is 0.0813 e. The minimum atomic E-state index is 0.621. The van der Waals surface area contributed by atoms with E-state index in [2.05, 4.69) is 57.2 Å². The summed E-state index contributed by atoms with van der Waals surface area (Å²) in [5.41, 5.74) is 5.69. The first-order valence-corrected chi connectivity index (χ1v) is 6.14. The van der Waals surface area contributed by atoms with E-state index in [0.29, 0.717) is 5.92 Å². The molecule has 0 heterocycles. The molecule has 0 nitrogen and oxygen atoms in total. The highest BCUT2D eigenvalue weighted by molar-refractivity contribution is 5.69. The van der Waals surface area contributed by atoms with Crippen molar-refractivity contribution in [2.24, 2.45) is 0 Å². The van der Waals surface area contributed by atoms with Gasteiger partial charge in [-0.05, 0) is 42.4 Å². The van der Waals surface area contributed by atoms with Gasteiger partial charge >= 0.3 is 0 Å². The van der Waals surface area contributed by atoms with E-state index in [4.69, 9.17) is 0 Å². The minimum Gasteiger partial charge on any atom is -0.0813 e. The fourth-order valence-electron chi connectivity index (χ4n) is 2.17. The second-order valence-corrected chi connectivity index (χ2v) is 4.93. The topological polar surface area (TPSA) is 0 Å². The molecular formula is C16H20. The summed E-state index contributed by atoms with van der Waals surface area (Å²) in [4.78, 5) is 0. The lowest BCUT2D eigenvalue weighted by atomic mass is 9.92. The van der Waals surface area contributed by atoms with Crippen LogP contribution in [0.2, 0.25) is 0 Å². The van der Waals surface area contributed by atoms with Crippen LogP contribution in [-0.4, -0.2) is 0 Å². The van der Waals surface area contributed by atoms with Crippen LogP contribution < -0.4 is 0 Å². The Labute approximate surface area is 98.7 Å². The molecule has 0 aromatic heterocycles. The molecule has 2 rings (SSSR count). The van der Waals surface area contributed by atoms with E-state index in [1.54, 1.807) is 0 Å². The second-order valence-electron chi connectivity index (χ2n) is 4.93. The van der Waals surface area contributed by atoms with Crippen molar-refractivity contribution in [1.82, 2.24) is 0 Å². The van der Waals surface area contributed by atoms with E-state index in [1.165, 1.54) is 35.1 Å². The van der Waals surface area contributed by atoms with Crippen LogP contribution in [0, 0.1) is 0 Å². The van der Waals surface area contributed by atoms with E-state index in [9.17, 15) is 0 Å². The summed E-state index contributed by atoms with van der Waals surface area (Å²) in [6.45, 7) is 6.66. The molecular weight excluding hydrogens is 192 g/mol. The molecule has 0 fully saturated rings. The predicted octanol–water partition coefficient (Wildman–Crippen LogP) is 4.93. The fourth-order valence-corrected chi connectivity index (χ4v) is 2.17. The average molecular weight is 212 g/mol. The van der Waals surface area contributed by atoms with Gasteiger partial charge in [-0.15, -0.1) is 0 Å². The van der Waals surface area contributed by atoms with Crippen molar-refractivity contribution < 1.29 is 0 Å². The number of hydrogen-bond acceptors (Lipinski definition) is 0. The van der Waals surface area contributed by atoms with Crippen molar-refractivity contribution in [1.29, 1.82) is 0 Å². The molecule has 1 aliphatic rings. The van der Waals surface area contributed by atoms with Crippen LogP contribution in [0.15, 0.2) is 42.0 Å². The fraction of sp³-hybridized carbons (Fsp3) is 0.375. The lowest BCUT2D eigenvalue weighted by molar-refractivity contribution is 0.866. The Kier molecular flexibility index (Phi) is 3.28. The smallest absolute Gasteiger partial charge is 0.0219 e. The van der Waals surface area contributed by atoms with Crippen LogP contribution in [-0.2, 0) is 0 Å². The van der Waals surface area contributed by atoms with Gasteiger partial charge in [0.1, 0.15) is 0 Å². The normalized spacial score (nSPS) is 16.0. The summed E-state index contributed by atoms with van der Waals surface area (Å²) in [7, 11) is 0. The first kappa shape index (κ1) is 11.2. The Bertz CT molecular complexity index is 416. The van der Waals surface area contributed by atoms with Gasteiger partial charge in [-0.2, -0.15) is 0 Å². The number of benzene rings is 1. The van der Waals surface area contributed by atoms with Crippen LogP contribution in [0.3, 0.4) is 0 Å². The Balaban J connectivity index is 2.25. The Morgan fingerprint density at radius 1 is 1.06 bits per heavy atom. The molecule has 0 spiro atoms. The summed E-state index contributed by atoms with van der Waals surface area (Å²) in [5.74, 6) is 0.621. The molecule has 0 amide bonds. The first-order valence-electron chi connectivity index (χ1n) is 6.14. The Hall–Kier alpha value is -1.30. The van der Waals surface area contributed by atoms with Gasteiger partial charge in [0, 0.05) is 0 Å². The maximum absolute atomic E-state index is 2.31. The SMILES string of the molecule is CC1=CCCC(c2ccc(C(C)C)cc2)=C1. The minimum absolute atomic E-state index is 0.621. The van der Waals surface area contributed by atoms with Gasteiger partial charge < -0.3 is 0 Å². The van der Waals surface area contributed by atoms with Crippen molar-refractivity contribution >= 4 is 5.57 Å². The molecule has 16 heavy (non-hydrogen) atoms. The van der Waals surface area contributed by atoms with Crippen LogP contribution in [0.1, 0.15) is 50.7 Å². The monoisotopic (exact) mass is 212 g/mol. The zero-order valence-corrected chi connectivity index (χ0v) is 10.5. The van der Waals surface area contributed by atoms with Gasteiger partial charge in [-0.25, -0.2) is 0 Å². The van der Waals surface area contributed by atoms with Crippen molar-refractivity contribution in [2.75, 3.05) is 0 Å². The van der Waals surface area contributed by atoms with Crippen molar-refractivity contribution in [3.63, 3.8) is 0 Å². The Morgan fingerprint density at radius 3 is 2.31 bits per heavy atom. The van der Waals surface area contributed by atoms with Crippen LogP contribution in [0.5, 0.6) is 0 Å². The molecule has 0 saturated carbocycles. The van der Waals surface area contributed by atoms with Crippen LogP contribution in [0.25, 0.3) is 5.57 Å². The molecule has 0 atom stereocenters. The number of allylic oxidation sites excluding steroid dienone is 4. The molecule has 1 aromatic carbocycles. The summed E-state index contributed by atoms with van der Waals surface area (Å²) < 4.78 is 0. The van der Waals surface area contributed by atoms with Gasteiger partial charge in [-0.1, -0.05) is 55.8 Å². The standard InChI is InChI=1S/C16H20/c1-12(2)14-7-9-15(10-8-14)16-6-4-5-13(3)11-16/h5,7-12H,4,6H2,1-3H3. The van der Waals surface area contributed by atoms with Gasteiger partial charge in [0.2, 0.25) is 0 Å². The first-order chi connectivity index (χ1) is 7.66. The third kappa shape index (κ3) is 2.44. The summed E-state index contributed by atoms with van der Waals surface area (Å²) in [5, 5.41) is 0. The number of hydrogen-bond donors (Lipinski definition) is 0.